The molecule has 0 radical (unpaired) electrons. The van der Waals surface area contributed by atoms with Crippen LogP contribution < -0.4 is 20.3 Å². The second-order valence-electron chi connectivity index (χ2n) is 17.6. The number of aromatic nitrogens is 5. The molecule has 5 heterocycles. The van der Waals surface area contributed by atoms with Crippen molar-refractivity contribution in [1.29, 1.82) is 0 Å². The van der Waals surface area contributed by atoms with E-state index < -0.39 is 5.91 Å². The summed E-state index contributed by atoms with van der Waals surface area (Å²) < 4.78 is 11.3. The van der Waals surface area contributed by atoms with E-state index in [2.05, 4.69) is 83.0 Å². The fourth-order valence-corrected chi connectivity index (χ4v) is 9.13. The summed E-state index contributed by atoms with van der Waals surface area (Å²) in [7, 11) is 1.73. The Morgan fingerprint density at radius 2 is 1.73 bits per heavy atom. The van der Waals surface area contributed by atoms with Gasteiger partial charge in [-0.1, -0.05) is 62.3 Å². The number of piperazine rings is 1. The number of amides is 3. The molecule has 1 saturated carbocycles. The van der Waals surface area contributed by atoms with E-state index >= 15 is 0 Å². The van der Waals surface area contributed by atoms with Crippen molar-refractivity contribution in [3.8, 4) is 17.0 Å². The quantitative estimate of drug-likeness (QED) is 0.130. The molecule has 3 aromatic carbocycles. The van der Waals surface area contributed by atoms with Crippen molar-refractivity contribution in [3.63, 3.8) is 0 Å². The van der Waals surface area contributed by atoms with Crippen LogP contribution in [-0.2, 0) is 15.0 Å². The third-order valence-electron chi connectivity index (χ3n) is 12.7. The Labute approximate surface area is 348 Å². The van der Waals surface area contributed by atoms with Gasteiger partial charge >= 0.3 is 11.8 Å². The highest BCUT2D eigenvalue weighted by molar-refractivity contribution is 6.13. The molecule has 2 atom stereocenters. The number of aromatic amines is 1. The lowest BCUT2D eigenvalue weighted by Crippen LogP contribution is -2.53. The van der Waals surface area contributed by atoms with Gasteiger partial charge in [-0.15, -0.1) is 0 Å². The number of carbonyl (C=O) groups excluding carboxylic acids is 3. The molecule has 6 aromatic rings. The number of methoxy groups -OCH3 is 1. The lowest BCUT2D eigenvalue weighted by atomic mass is 9.74. The van der Waals surface area contributed by atoms with Gasteiger partial charge in [-0.2, -0.15) is 4.98 Å². The summed E-state index contributed by atoms with van der Waals surface area (Å²) in [6, 6.07) is 19.2. The van der Waals surface area contributed by atoms with Gasteiger partial charge in [0.05, 0.1) is 41.4 Å². The molecule has 60 heavy (non-hydrogen) atoms. The molecule has 14 heteroatoms. The average Bonchev–Trinajstić information content (AvgIpc) is 3.87. The number of nitrogens with one attached hydrogen (secondary N) is 3. The van der Waals surface area contributed by atoms with Gasteiger partial charge in [-0.05, 0) is 79.5 Å². The van der Waals surface area contributed by atoms with Crippen molar-refractivity contribution in [2.24, 2.45) is 0 Å². The smallest absolute Gasteiger partial charge is 0.315 e. The largest absolute Gasteiger partial charge is 0.495 e. The van der Waals surface area contributed by atoms with Gasteiger partial charge in [-0.3, -0.25) is 24.6 Å². The number of imide groups is 1. The first kappa shape index (κ1) is 39.3. The lowest BCUT2D eigenvalue weighted by Gasteiger charge is -2.47. The molecule has 3 amide bonds. The summed E-state index contributed by atoms with van der Waals surface area (Å²) >= 11 is 0. The number of anilines is 1. The van der Waals surface area contributed by atoms with Gasteiger partial charge in [0.2, 0.25) is 11.8 Å². The summed E-state index contributed by atoms with van der Waals surface area (Å²) in [5.74, 6) is 0.724. The van der Waals surface area contributed by atoms with E-state index in [1.165, 1.54) is 5.56 Å². The first-order valence-electron chi connectivity index (χ1n) is 20.9. The first-order chi connectivity index (χ1) is 28.8. The summed E-state index contributed by atoms with van der Waals surface area (Å²) in [4.78, 5) is 59.2. The van der Waals surface area contributed by atoms with E-state index in [9.17, 15) is 14.4 Å². The maximum Gasteiger partial charge on any atom is 0.315 e. The van der Waals surface area contributed by atoms with Crippen LogP contribution in [0.3, 0.4) is 0 Å². The van der Waals surface area contributed by atoms with Gasteiger partial charge in [0.15, 0.2) is 5.82 Å². The minimum Gasteiger partial charge on any atom is -0.495 e. The number of nitrogens with zero attached hydrogens (tertiary/aromatic N) is 6. The maximum atomic E-state index is 13.0. The number of rotatable bonds is 9. The van der Waals surface area contributed by atoms with Gasteiger partial charge in [0, 0.05) is 55.0 Å². The van der Waals surface area contributed by atoms with Crippen LogP contribution in [0.5, 0.6) is 5.75 Å². The topological polar surface area (TPSA) is 171 Å². The fraction of sp³-hybridized carbons (Fsp3) is 0.413. The van der Waals surface area contributed by atoms with Crippen molar-refractivity contribution in [3.05, 3.63) is 94.9 Å². The highest BCUT2D eigenvalue weighted by Gasteiger charge is 2.37. The lowest BCUT2D eigenvalue weighted by molar-refractivity contribution is -0.134. The van der Waals surface area contributed by atoms with Crippen molar-refractivity contribution < 1.29 is 23.6 Å². The van der Waals surface area contributed by atoms with Crippen LogP contribution in [0.15, 0.2) is 65.4 Å². The fourth-order valence-electron chi connectivity index (χ4n) is 9.13. The molecule has 3 aliphatic rings. The number of ether oxygens (including phenoxy) is 1. The highest BCUT2D eigenvalue weighted by Crippen LogP contribution is 2.43. The Morgan fingerprint density at radius 3 is 2.42 bits per heavy atom. The average molecular weight is 810 g/mol. The first-order valence-corrected chi connectivity index (χ1v) is 20.9. The summed E-state index contributed by atoms with van der Waals surface area (Å²) in [6.45, 7) is 13.6. The Balaban J connectivity index is 0.863. The Hall–Kier alpha value is -6.15. The molecule has 2 saturated heterocycles. The molecule has 14 nitrogen and oxygen atoms in total. The van der Waals surface area contributed by atoms with Crippen molar-refractivity contribution in [2.45, 2.75) is 89.6 Å². The molecule has 9 rings (SSSR count). The molecular weight excluding hydrogens is 759 g/mol. The molecule has 0 bridgehead atoms. The van der Waals surface area contributed by atoms with Crippen molar-refractivity contribution in [2.75, 3.05) is 38.2 Å². The molecule has 3 N–H and O–H groups in total. The van der Waals surface area contributed by atoms with Gasteiger partial charge in [-0.25, -0.2) is 9.97 Å². The van der Waals surface area contributed by atoms with Crippen molar-refractivity contribution >= 4 is 45.3 Å². The zero-order chi connectivity index (χ0) is 41.9. The molecule has 310 valence electrons. The van der Waals surface area contributed by atoms with Crippen LogP contribution in [0, 0.1) is 6.92 Å². The second kappa shape index (κ2) is 15.5. The number of aryl methyl sites for hydroxylation is 1. The number of carbonyl (C=O) groups is 3. The zero-order valence-corrected chi connectivity index (χ0v) is 35.0. The van der Waals surface area contributed by atoms with Crippen LogP contribution in [-0.4, -0.2) is 87.0 Å². The number of hydrogen-bond donors (Lipinski definition) is 3. The second-order valence-corrected chi connectivity index (χ2v) is 17.6. The summed E-state index contributed by atoms with van der Waals surface area (Å²) in [5, 5.41) is 11.4. The van der Waals surface area contributed by atoms with E-state index in [1.807, 2.05) is 46.8 Å². The van der Waals surface area contributed by atoms with E-state index in [0.29, 0.717) is 30.6 Å². The Kier molecular flexibility index (Phi) is 10.1. The normalized spacial score (nSPS) is 20.6. The third-order valence-corrected chi connectivity index (χ3v) is 12.7. The summed E-state index contributed by atoms with van der Waals surface area (Å²) in [5.41, 5.74) is 8.48. The molecule has 2 aliphatic heterocycles. The predicted octanol–water partition coefficient (Wildman–Crippen LogP) is 6.86. The molecule has 3 aromatic heterocycles. The van der Waals surface area contributed by atoms with Crippen LogP contribution in [0.1, 0.15) is 110 Å². The van der Waals surface area contributed by atoms with E-state index in [4.69, 9.17) is 14.2 Å². The van der Waals surface area contributed by atoms with Crippen LogP contribution in [0.4, 0.5) is 5.69 Å². The number of H-pyrrole nitrogens is 1. The monoisotopic (exact) mass is 809 g/mol. The van der Waals surface area contributed by atoms with Crippen LogP contribution in [0.2, 0.25) is 0 Å². The van der Waals surface area contributed by atoms with E-state index in [1.54, 1.807) is 13.4 Å². The number of hydrogen-bond acceptors (Lipinski definition) is 11. The molecular formula is C46H51N9O5. The van der Waals surface area contributed by atoms with Gasteiger partial charge in [0.1, 0.15) is 17.7 Å². The summed E-state index contributed by atoms with van der Waals surface area (Å²) in [6.07, 6.45) is 4.81. The SMILES string of the molecule is COc1cc2c(cc1N1CCN(C3CC(c4ccc([C@@H]5CCC(=O)NC5=O)cc4)C3)CC1)[nH]c1ncnc(-c3ccc([C@@H](C)NC(=O)c4nc(C(C)(C)C)no4)c(C)c3)c12. The van der Waals surface area contributed by atoms with E-state index in [-0.39, 0.29) is 35.1 Å². The molecule has 3 fully saturated rings. The standard InChI is InChI=1S/C46H51N9O5/c1-25-19-29(11-12-32(25)26(2)49-43(58)44-52-45(53-60-44)46(3,4)5)40-39-34-22-37(59-6)36(23-35(34)50-41(39)48-24-47-40)55-17-15-54(16-18-55)31-20-30(21-31)27-7-9-28(10-8-27)33-13-14-38(56)51-42(33)57/h7-12,19,22-24,26,30-31,33H,13-18,20-21H2,1-6H3,(H,49,58)(H,47,48,50)(H,51,56,57)/t26-,30?,31?,33+/m1/s1. The zero-order valence-electron chi connectivity index (χ0n) is 35.0. The molecule has 1 aliphatic carbocycles. The Bertz CT molecular complexity index is 2610. The third kappa shape index (κ3) is 7.37. The number of piperidine rings is 1. The minimum atomic E-state index is -0.415. The van der Waals surface area contributed by atoms with Gasteiger partial charge in [0.25, 0.3) is 0 Å². The highest BCUT2D eigenvalue weighted by atomic mass is 16.5. The van der Waals surface area contributed by atoms with Gasteiger partial charge < -0.3 is 24.5 Å². The Morgan fingerprint density at radius 1 is 0.983 bits per heavy atom. The van der Waals surface area contributed by atoms with Crippen molar-refractivity contribution in [1.82, 2.24) is 40.6 Å². The number of fused-ring (bicyclic) bond motifs is 3. The minimum absolute atomic E-state index is 0.0535. The predicted molar refractivity (Wildman–Crippen MR) is 228 cm³/mol. The molecule has 0 unspecified atom stereocenters. The van der Waals surface area contributed by atoms with Crippen LogP contribution >= 0.6 is 0 Å². The van der Waals surface area contributed by atoms with Crippen LogP contribution in [0.25, 0.3) is 33.2 Å². The van der Waals surface area contributed by atoms with E-state index in [0.717, 1.165) is 100 Å². The number of benzene rings is 3. The maximum absolute atomic E-state index is 13.0. The molecule has 0 spiro atoms.